The Morgan fingerprint density at radius 2 is 1.94 bits per heavy atom. The molecule has 18 heavy (non-hydrogen) atoms. The highest BCUT2D eigenvalue weighted by Crippen LogP contribution is 2.34. The van der Waals surface area contributed by atoms with Crippen LogP contribution in [0.1, 0.15) is 25.3 Å². The lowest BCUT2D eigenvalue weighted by Crippen LogP contribution is -2.29. The van der Waals surface area contributed by atoms with Gasteiger partial charge in [-0.25, -0.2) is 0 Å². The fourth-order valence-electron chi connectivity index (χ4n) is 2.55. The van der Waals surface area contributed by atoms with Gasteiger partial charge >= 0.3 is 5.97 Å². The molecule has 1 aromatic carbocycles. The van der Waals surface area contributed by atoms with E-state index in [1.807, 2.05) is 24.3 Å². The van der Waals surface area contributed by atoms with Crippen LogP contribution < -0.4 is 0 Å². The number of hydrogen-bond acceptors (Lipinski definition) is 2. The van der Waals surface area contributed by atoms with Crippen LogP contribution in [0.15, 0.2) is 24.3 Å². The monoisotopic (exact) mass is 267 g/mol. The average molecular weight is 268 g/mol. The number of benzene rings is 1. The molecule has 1 N–H and O–H groups in total. The van der Waals surface area contributed by atoms with Crippen LogP contribution in [-0.2, 0) is 4.79 Å². The third-order valence-electron chi connectivity index (χ3n) is 3.69. The Kier molecular flexibility index (Phi) is 3.93. The molecule has 98 valence electrons. The second-order valence-corrected chi connectivity index (χ2v) is 5.59. The van der Waals surface area contributed by atoms with Gasteiger partial charge in [0.1, 0.15) is 0 Å². The van der Waals surface area contributed by atoms with E-state index in [1.165, 1.54) is 0 Å². The van der Waals surface area contributed by atoms with Gasteiger partial charge in [0.2, 0.25) is 0 Å². The summed E-state index contributed by atoms with van der Waals surface area (Å²) in [5, 5.41) is 10.0. The number of likely N-dealkylation sites (tertiary alicyclic amines) is 1. The Labute approximate surface area is 112 Å². The summed E-state index contributed by atoms with van der Waals surface area (Å²) in [6.45, 7) is 5.63. The number of hydrogen-bond donors (Lipinski definition) is 1. The van der Waals surface area contributed by atoms with Crippen LogP contribution in [0.2, 0.25) is 5.02 Å². The molecule has 0 radical (unpaired) electrons. The van der Waals surface area contributed by atoms with Crippen LogP contribution in [0.3, 0.4) is 0 Å². The topological polar surface area (TPSA) is 40.5 Å². The average Bonchev–Trinajstić information content (AvgIpc) is 2.75. The molecule has 0 aromatic heterocycles. The summed E-state index contributed by atoms with van der Waals surface area (Å²) < 4.78 is 0. The van der Waals surface area contributed by atoms with Crippen molar-refractivity contribution < 1.29 is 9.90 Å². The van der Waals surface area contributed by atoms with E-state index in [4.69, 9.17) is 11.6 Å². The molecule has 0 aliphatic carbocycles. The maximum Gasteiger partial charge on any atom is 0.308 e. The Morgan fingerprint density at radius 3 is 2.44 bits per heavy atom. The first-order valence-electron chi connectivity index (χ1n) is 6.21. The molecular weight excluding hydrogens is 250 g/mol. The van der Waals surface area contributed by atoms with Gasteiger partial charge in [-0.2, -0.15) is 0 Å². The smallest absolute Gasteiger partial charge is 0.308 e. The van der Waals surface area contributed by atoms with Crippen LogP contribution in [0, 0.1) is 5.92 Å². The van der Waals surface area contributed by atoms with Gasteiger partial charge in [0.05, 0.1) is 5.92 Å². The molecule has 3 nitrogen and oxygen atoms in total. The molecule has 0 saturated carbocycles. The number of aliphatic carboxylic acids is 1. The van der Waals surface area contributed by atoms with Crippen molar-refractivity contribution in [3.05, 3.63) is 34.9 Å². The molecule has 2 atom stereocenters. The molecule has 1 saturated heterocycles. The van der Waals surface area contributed by atoms with Gasteiger partial charge in [-0.3, -0.25) is 9.69 Å². The number of halogens is 1. The third-order valence-corrected chi connectivity index (χ3v) is 3.95. The Hall–Kier alpha value is -1.06. The SMILES string of the molecule is CC(C)N1C[C@@H](C(=O)O)[C@H](c2ccc(Cl)cc2)C1. The molecule has 2 rings (SSSR count). The van der Waals surface area contributed by atoms with Crippen LogP contribution in [-0.4, -0.2) is 35.1 Å². The van der Waals surface area contributed by atoms with Crippen molar-refractivity contribution >= 4 is 17.6 Å². The largest absolute Gasteiger partial charge is 0.481 e. The van der Waals surface area contributed by atoms with Crippen molar-refractivity contribution in [3.8, 4) is 0 Å². The van der Waals surface area contributed by atoms with Crippen molar-refractivity contribution in [2.45, 2.75) is 25.8 Å². The van der Waals surface area contributed by atoms with Gasteiger partial charge in [0.25, 0.3) is 0 Å². The van der Waals surface area contributed by atoms with E-state index in [1.54, 1.807) is 0 Å². The van der Waals surface area contributed by atoms with Crippen LogP contribution >= 0.6 is 11.6 Å². The lowest BCUT2D eigenvalue weighted by Gasteiger charge is -2.20. The van der Waals surface area contributed by atoms with Crippen molar-refractivity contribution in [1.29, 1.82) is 0 Å². The Morgan fingerprint density at radius 1 is 1.33 bits per heavy atom. The molecule has 1 aliphatic heterocycles. The number of carboxylic acids is 1. The Bertz CT molecular complexity index is 430. The minimum atomic E-state index is -0.710. The summed E-state index contributed by atoms with van der Waals surface area (Å²) in [7, 11) is 0. The predicted octanol–water partition coefficient (Wildman–Crippen LogP) is 2.85. The highest BCUT2D eigenvalue weighted by atomic mass is 35.5. The molecule has 4 heteroatoms. The zero-order chi connectivity index (χ0) is 13.3. The summed E-state index contributed by atoms with van der Waals surface area (Å²) in [6, 6.07) is 7.91. The van der Waals surface area contributed by atoms with Gasteiger partial charge < -0.3 is 5.11 Å². The molecule has 1 aliphatic rings. The summed E-state index contributed by atoms with van der Waals surface area (Å²) in [5.41, 5.74) is 1.06. The molecule has 0 spiro atoms. The second-order valence-electron chi connectivity index (χ2n) is 5.15. The van der Waals surface area contributed by atoms with Crippen molar-refractivity contribution in [2.75, 3.05) is 13.1 Å². The van der Waals surface area contributed by atoms with Crippen LogP contribution in [0.25, 0.3) is 0 Å². The number of rotatable bonds is 3. The molecule has 1 heterocycles. The van der Waals surface area contributed by atoms with E-state index >= 15 is 0 Å². The van der Waals surface area contributed by atoms with Crippen molar-refractivity contribution in [2.24, 2.45) is 5.92 Å². The first kappa shape index (κ1) is 13.4. The van der Waals surface area contributed by atoms with Crippen molar-refractivity contribution in [1.82, 2.24) is 4.90 Å². The highest BCUT2D eigenvalue weighted by Gasteiger charge is 2.39. The normalized spacial score (nSPS) is 24.7. The first-order valence-corrected chi connectivity index (χ1v) is 6.59. The van der Waals surface area contributed by atoms with Crippen LogP contribution in [0.5, 0.6) is 0 Å². The lowest BCUT2D eigenvalue weighted by atomic mass is 9.89. The number of carboxylic acid groups (broad SMARTS) is 1. The number of nitrogens with zero attached hydrogens (tertiary/aromatic N) is 1. The Balaban J connectivity index is 2.24. The molecule has 0 amide bonds. The van der Waals surface area contributed by atoms with Crippen LogP contribution in [0.4, 0.5) is 0 Å². The molecule has 0 unspecified atom stereocenters. The van der Waals surface area contributed by atoms with E-state index in [2.05, 4.69) is 18.7 Å². The summed E-state index contributed by atoms with van der Waals surface area (Å²) in [6.07, 6.45) is 0. The standard InChI is InChI=1S/C14H18ClNO2/c1-9(2)16-7-12(13(8-16)14(17)18)10-3-5-11(15)6-4-10/h3-6,9,12-13H,7-8H2,1-2H3,(H,17,18)/t12-,13+/m0/s1. The molecule has 1 fully saturated rings. The maximum atomic E-state index is 11.4. The van der Waals surface area contributed by atoms with Gasteiger partial charge in [0.15, 0.2) is 0 Å². The zero-order valence-electron chi connectivity index (χ0n) is 10.6. The lowest BCUT2D eigenvalue weighted by molar-refractivity contribution is -0.141. The molecular formula is C14H18ClNO2. The molecule has 0 bridgehead atoms. The summed E-state index contributed by atoms with van der Waals surface area (Å²) >= 11 is 5.87. The summed E-state index contributed by atoms with van der Waals surface area (Å²) in [4.78, 5) is 13.6. The maximum absolute atomic E-state index is 11.4. The minimum Gasteiger partial charge on any atom is -0.481 e. The van der Waals surface area contributed by atoms with E-state index in [0.29, 0.717) is 17.6 Å². The minimum absolute atomic E-state index is 0.0576. The van der Waals surface area contributed by atoms with Gasteiger partial charge in [0, 0.05) is 30.1 Å². The van der Waals surface area contributed by atoms with E-state index in [-0.39, 0.29) is 11.8 Å². The fraction of sp³-hybridized carbons (Fsp3) is 0.500. The summed E-state index contributed by atoms with van der Waals surface area (Å²) in [5.74, 6) is -0.978. The first-order chi connectivity index (χ1) is 8.49. The zero-order valence-corrected chi connectivity index (χ0v) is 11.4. The third kappa shape index (κ3) is 2.68. The quantitative estimate of drug-likeness (QED) is 0.916. The highest BCUT2D eigenvalue weighted by molar-refractivity contribution is 6.30. The van der Waals surface area contributed by atoms with Gasteiger partial charge in [-0.05, 0) is 31.5 Å². The van der Waals surface area contributed by atoms with E-state index < -0.39 is 5.97 Å². The van der Waals surface area contributed by atoms with Crippen molar-refractivity contribution in [3.63, 3.8) is 0 Å². The molecule has 1 aromatic rings. The second kappa shape index (κ2) is 5.29. The van der Waals surface area contributed by atoms with E-state index in [0.717, 1.165) is 12.1 Å². The van der Waals surface area contributed by atoms with Gasteiger partial charge in [-0.1, -0.05) is 23.7 Å². The van der Waals surface area contributed by atoms with E-state index in [9.17, 15) is 9.90 Å². The fourth-order valence-corrected chi connectivity index (χ4v) is 2.68. The predicted molar refractivity (Wildman–Crippen MR) is 72.0 cm³/mol. The van der Waals surface area contributed by atoms with Gasteiger partial charge in [-0.15, -0.1) is 0 Å². The number of carbonyl (C=O) groups is 1.